The molecule has 0 aliphatic carbocycles. The molecular formula is C16H23N3O3. The third kappa shape index (κ3) is 3.22. The van der Waals surface area contributed by atoms with Crippen LogP contribution in [0.15, 0.2) is 18.2 Å². The molecule has 0 bridgehead atoms. The van der Waals surface area contributed by atoms with Gasteiger partial charge in [-0.05, 0) is 23.1 Å². The van der Waals surface area contributed by atoms with Gasteiger partial charge in [0.15, 0.2) is 6.61 Å². The Morgan fingerprint density at radius 1 is 1.45 bits per heavy atom. The maximum atomic E-state index is 12.1. The molecule has 0 saturated carbocycles. The van der Waals surface area contributed by atoms with Crippen molar-refractivity contribution >= 4 is 17.5 Å². The lowest BCUT2D eigenvalue weighted by Gasteiger charge is -2.32. The molecule has 0 saturated heterocycles. The molecule has 6 heteroatoms. The van der Waals surface area contributed by atoms with Crippen molar-refractivity contribution in [2.24, 2.45) is 11.1 Å². The predicted octanol–water partition coefficient (Wildman–Crippen LogP) is 1.20. The summed E-state index contributed by atoms with van der Waals surface area (Å²) in [6, 6.07) is 5.37. The summed E-state index contributed by atoms with van der Waals surface area (Å²) in [5.74, 6) is 0.123. The second-order valence-corrected chi connectivity index (χ2v) is 6.51. The SMILES string of the molecule is CNC(=O)CN1C(=O)COc2ccc(C(N)C(C)(C)C)cc21. The van der Waals surface area contributed by atoms with Crippen molar-refractivity contribution in [2.75, 3.05) is 25.1 Å². The van der Waals surface area contributed by atoms with Crippen LogP contribution in [0.1, 0.15) is 32.4 Å². The van der Waals surface area contributed by atoms with Gasteiger partial charge >= 0.3 is 0 Å². The summed E-state index contributed by atoms with van der Waals surface area (Å²) in [6.45, 7) is 6.08. The maximum Gasteiger partial charge on any atom is 0.265 e. The number of benzene rings is 1. The first-order chi connectivity index (χ1) is 10.2. The number of nitrogens with two attached hydrogens (primary N) is 1. The highest BCUT2D eigenvalue weighted by atomic mass is 16.5. The zero-order valence-electron chi connectivity index (χ0n) is 13.5. The number of amides is 2. The van der Waals surface area contributed by atoms with Crippen molar-refractivity contribution in [3.05, 3.63) is 23.8 Å². The van der Waals surface area contributed by atoms with Crippen LogP contribution in [0.5, 0.6) is 5.75 Å². The molecule has 0 aromatic heterocycles. The van der Waals surface area contributed by atoms with E-state index in [2.05, 4.69) is 26.1 Å². The van der Waals surface area contributed by atoms with Gasteiger partial charge in [0.2, 0.25) is 5.91 Å². The number of hydrogen-bond acceptors (Lipinski definition) is 4. The van der Waals surface area contributed by atoms with Gasteiger partial charge in [-0.2, -0.15) is 0 Å². The van der Waals surface area contributed by atoms with Crippen LogP contribution in [-0.2, 0) is 9.59 Å². The summed E-state index contributed by atoms with van der Waals surface area (Å²) in [5.41, 5.74) is 7.68. The summed E-state index contributed by atoms with van der Waals surface area (Å²) in [7, 11) is 1.54. The van der Waals surface area contributed by atoms with Crippen LogP contribution in [0.4, 0.5) is 5.69 Å². The van der Waals surface area contributed by atoms with Crippen LogP contribution in [0.25, 0.3) is 0 Å². The van der Waals surface area contributed by atoms with Gasteiger partial charge < -0.3 is 15.8 Å². The van der Waals surface area contributed by atoms with Crippen molar-refractivity contribution in [3.8, 4) is 5.75 Å². The number of rotatable bonds is 3. The topological polar surface area (TPSA) is 84.7 Å². The minimum atomic E-state index is -0.238. The van der Waals surface area contributed by atoms with E-state index < -0.39 is 0 Å². The molecule has 22 heavy (non-hydrogen) atoms. The van der Waals surface area contributed by atoms with Crippen LogP contribution >= 0.6 is 0 Å². The summed E-state index contributed by atoms with van der Waals surface area (Å²) in [5, 5.41) is 2.53. The van der Waals surface area contributed by atoms with Gasteiger partial charge in [-0.25, -0.2) is 0 Å². The first kappa shape index (κ1) is 16.3. The molecule has 3 N–H and O–H groups in total. The molecular weight excluding hydrogens is 282 g/mol. The number of nitrogens with zero attached hydrogens (tertiary/aromatic N) is 1. The molecule has 2 amide bonds. The van der Waals surface area contributed by atoms with Crippen molar-refractivity contribution in [1.29, 1.82) is 0 Å². The zero-order valence-corrected chi connectivity index (χ0v) is 13.5. The monoisotopic (exact) mass is 305 g/mol. The van der Waals surface area contributed by atoms with Gasteiger partial charge in [0.05, 0.1) is 5.69 Å². The van der Waals surface area contributed by atoms with E-state index >= 15 is 0 Å². The first-order valence-electron chi connectivity index (χ1n) is 7.27. The highest BCUT2D eigenvalue weighted by Gasteiger charge is 2.29. The van der Waals surface area contributed by atoms with E-state index in [4.69, 9.17) is 10.5 Å². The number of carbonyl (C=O) groups excluding carboxylic acids is 2. The van der Waals surface area contributed by atoms with Crippen LogP contribution in [-0.4, -0.2) is 32.0 Å². The van der Waals surface area contributed by atoms with Crippen molar-refractivity contribution in [1.82, 2.24) is 5.32 Å². The van der Waals surface area contributed by atoms with Crippen LogP contribution in [0.3, 0.4) is 0 Å². The maximum absolute atomic E-state index is 12.1. The quantitative estimate of drug-likeness (QED) is 0.879. The predicted molar refractivity (Wildman–Crippen MR) is 84.7 cm³/mol. The number of ether oxygens (including phenoxy) is 1. The smallest absolute Gasteiger partial charge is 0.265 e. The van der Waals surface area contributed by atoms with Crippen LogP contribution < -0.4 is 20.7 Å². The Bertz CT molecular complexity index is 593. The standard InChI is InChI=1S/C16H23N3O3/c1-16(2,3)15(17)10-5-6-12-11(7-10)19(8-13(20)18-4)14(21)9-22-12/h5-7,15H,8-9,17H2,1-4H3,(H,18,20). The van der Waals surface area contributed by atoms with Crippen molar-refractivity contribution in [2.45, 2.75) is 26.8 Å². The first-order valence-corrected chi connectivity index (χ1v) is 7.27. The lowest BCUT2D eigenvalue weighted by molar-refractivity contribution is -0.125. The van der Waals surface area contributed by atoms with E-state index in [0.29, 0.717) is 11.4 Å². The van der Waals surface area contributed by atoms with E-state index in [1.807, 2.05) is 12.1 Å². The van der Waals surface area contributed by atoms with Crippen molar-refractivity contribution in [3.63, 3.8) is 0 Å². The van der Waals surface area contributed by atoms with Gasteiger partial charge in [-0.3, -0.25) is 14.5 Å². The molecule has 2 rings (SSSR count). The average molecular weight is 305 g/mol. The second-order valence-electron chi connectivity index (χ2n) is 6.51. The van der Waals surface area contributed by atoms with Crippen LogP contribution in [0, 0.1) is 5.41 Å². The fraction of sp³-hybridized carbons (Fsp3) is 0.500. The molecule has 0 radical (unpaired) electrons. The molecule has 1 aliphatic rings. The minimum absolute atomic E-state index is 0.0279. The van der Waals surface area contributed by atoms with E-state index in [0.717, 1.165) is 5.56 Å². The molecule has 1 aliphatic heterocycles. The molecule has 1 atom stereocenters. The third-order valence-corrected chi connectivity index (χ3v) is 3.80. The van der Waals surface area contributed by atoms with Gasteiger partial charge in [0.25, 0.3) is 5.91 Å². The largest absolute Gasteiger partial charge is 0.482 e. The summed E-state index contributed by atoms with van der Waals surface area (Å²) >= 11 is 0. The molecule has 1 heterocycles. The molecule has 1 aromatic carbocycles. The lowest BCUT2D eigenvalue weighted by Crippen LogP contribution is -2.44. The molecule has 1 unspecified atom stereocenters. The molecule has 1 aromatic rings. The molecule has 6 nitrogen and oxygen atoms in total. The van der Waals surface area contributed by atoms with Gasteiger partial charge in [-0.15, -0.1) is 0 Å². The summed E-state index contributed by atoms with van der Waals surface area (Å²) in [6.07, 6.45) is 0. The van der Waals surface area contributed by atoms with Gasteiger partial charge in [0.1, 0.15) is 12.3 Å². The van der Waals surface area contributed by atoms with E-state index in [9.17, 15) is 9.59 Å². The number of nitrogens with one attached hydrogen (secondary N) is 1. The fourth-order valence-corrected chi connectivity index (χ4v) is 2.31. The Labute approximate surface area is 130 Å². The number of hydrogen-bond donors (Lipinski definition) is 2. The number of likely N-dealkylation sites (N-methyl/N-ethyl adjacent to an activating group) is 1. The van der Waals surface area contributed by atoms with E-state index in [1.165, 1.54) is 4.90 Å². The Kier molecular flexibility index (Phi) is 4.42. The average Bonchev–Trinajstić information content (AvgIpc) is 2.47. The molecule has 120 valence electrons. The highest BCUT2D eigenvalue weighted by Crippen LogP contribution is 2.37. The highest BCUT2D eigenvalue weighted by molar-refractivity contribution is 6.02. The number of carbonyl (C=O) groups is 2. The lowest BCUT2D eigenvalue weighted by atomic mass is 9.83. The normalized spacial score (nSPS) is 15.9. The Balaban J connectivity index is 2.40. The van der Waals surface area contributed by atoms with Crippen molar-refractivity contribution < 1.29 is 14.3 Å². The Morgan fingerprint density at radius 2 is 2.14 bits per heavy atom. The second kappa shape index (κ2) is 5.96. The number of anilines is 1. The van der Waals surface area contributed by atoms with Gasteiger partial charge in [-0.1, -0.05) is 26.8 Å². The number of fused-ring (bicyclic) bond motifs is 1. The van der Waals surface area contributed by atoms with Crippen LogP contribution in [0.2, 0.25) is 0 Å². The zero-order chi connectivity index (χ0) is 16.5. The van der Waals surface area contributed by atoms with E-state index in [1.54, 1.807) is 13.1 Å². The fourth-order valence-electron chi connectivity index (χ4n) is 2.31. The molecule has 0 fully saturated rings. The van der Waals surface area contributed by atoms with E-state index in [-0.39, 0.29) is 36.4 Å². The summed E-state index contributed by atoms with van der Waals surface area (Å²) in [4.78, 5) is 25.2. The Hall–Kier alpha value is -2.08. The third-order valence-electron chi connectivity index (χ3n) is 3.80. The minimum Gasteiger partial charge on any atom is -0.482 e. The Morgan fingerprint density at radius 3 is 2.73 bits per heavy atom. The molecule has 0 spiro atoms. The van der Waals surface area contributed by atoms with Gasteiger partial charge in [0, 0.05) is 13.1 Å². The summed E-state index contributed by atoms with van der Waals surface area (Å²) < 4.78 is 5.44.